The van der Waals surface area contributed by atoms with Crippen LogP contribution in [0.25, 0.3) is 5.69 Å². The Kier molecular flexibility index (Phi) is 3.05. The monoisotopic (exact) mass is 250 g/mol. The van der Waals surface area contributed by atoms with Gasteiger partial charge in [0.25, 0.3) is 0 Å². The van der Waals surface area contributed by atoms with E-state index in [1.165, 1.54) is 18.2 Å². The van der Waals surface area contributed by atoms with Crippen LogP contribution in [0.2, 0.25) is 0 Å². The summed E-state index contributed by atoms with van der Waals surface area (Å²) < 4.78 is 15.0. The molecular formula is C11H11FN4O2. The summed E-state index contributed by atoms with van der Waals surface area (Å²) in [6, 6.07) is 3.82. The van der Waals surface area contributed by atoms with Gasteiger partial charge < -0.3 is 5.11 Å². The molecule has 1 aromatic heterocycles. The molecule has 0 aliphatic rings. The van der Waals surface area contributed by atoms with Crippen LogP contribution in [0.1, 0.15) is 35.9 Å². The van der Waals surface area contributed by atoms with Crippen LogP contribution < -0.4 is 0 Å². The van der Waals surface area contributed by atoms with Crippen molar-refractivity contribution in [3.8, 4) is 5.69 Å². The Labute approximate surface area is 102 Å². The molecule has 1 aromatic carbocycles. The molecule has 0 spiro atoms. The van der Waals surface area contributed by atoms with Gasteiger partial charge in [0.05, 0.1) is 5.56 Å². The first-order valence-electron chi connectivity index (χ1n) is 5.32. The molecule has 2 rings (SSSR count). The molecule has 18 heavy (non-hydrogen) atoms. The lowest BCUT2D eigenvalue weighted by Crippen LogP contribution is -2.12. The van der Waals surface area contributed by atoms with Crippen LogP contribution in [-0.4, -0.2) is 31.3 Å². The van der Waals surface area contributed by atoms with Gasteiger partial charge in [0.15, 0.2) is 5.82 Å². The van der Waals surface area contributed by atoms with Gasteiger partial charge in [-0.3, -0.25) is 0 Å². The molecule has 2 aromatic rings. The van der Waals surface area contributed by atoms with Crippen molar-refractivity contribution in [2.24, 2.45) is 0 Å². The van der Waals surface area contributed by atoms with Crippen molar-refractivity contribution in [1.29, 1.82) is 0 Å². The first-order chi connectivity index (χ1) is 8.52. The number of hydrogen-bond donors (Lipinski definition) is 1. The maximum Gasteiger partial charge on any atom is 0.338 e. The molecule has 0 amide bonds. The topological polar surface area (TPSA) is 80.9 Å². The Morgan fingerprint density at radius 3 is 2.78 bits per heavy atom. The highest BCUT2D eigenvalue weighted by Gasteiger charge is 2.21. The molecule has 7 heteroatoms. The van der Waals surface area contributed by atoms with Gasteiger partial charge in [0.2, 0.25) is 0 Å². The van der Waals surface area contributed by atoms with E-state index < -0.39 is 11.8 Å². The van der Waals surface area contributed by atoms with E-state index in [0.29, 0.717) is 5.82 Å². The largest absolute Gasteiger partial charge is 0.478 e. The van der Waals surface area contributed by atoms with E-state index in [2.05, 4.69) is 15.5 Å². The van der Waals surface area contributed by atoms with Crippen LogP contribution in [0.15, 0.2) is 18.2 Å². The first kappa shape index (κ1) is 12.2. The van der Waals surface area contributed by atoms with Gasteiger partial charge in [-0.1, -0.05) is 19.9 Å². The van der Waals surface area contributed by atoms with Gasteiger partial charge >= 0.3 is 5.97 Å². The van der Waals surface area contributed by atoms with Crippen LogP contribution >= 0.6 is 0 Å². The Morgan fingerprint density at radius 2 is 2.17 bits per heavy atom. The predicted octanol–water partition coefficient (Wildman–Crippen LogP) is 1.62. The summed E-state index contributed by atoms with van der Waals surface area (Å²) in [6.45, 7) is 3.67. The zero-order valence-corrected chi connectivity index (χ0v) is 9.83. The van der Waals surface area contributed by atoms with Crippen molar-refractivity contribution in [2.45, 2.75) is 19.8 Å². The van der Waals surface area contributed by atoms with E-state index in [1.807, 2.05) is 13.8 Å². The maximum absolute atomic E-state index is 13.8. The van der Waals surface area contributed by atoms with Gasteiger partial charge in [-0.15, -0.1) is 5.10 Å². The minimum atomic E-state index is -1.23. The summed E-state index contributed by atoms with van der Waals surface area (Å²) in [4.78, 5) is 11.1. The molecule has 0 unspecified atom stereocenters. The molecule has 0 atom stereocenters. The second kappa shape index (κ2) is 4.52. The zero-order valence-electron chi connectivity index (χ0n) is 9.83. The molecule has 0 radical (unpaired) electrons. The van der Waals surface area contributed by atoms with Gasteiger partial charge in [-0.25, -0.2) is 9.18 Å². The molecule has 0 saturated heterocycles. The molecule has 1 heterocycles. The molecular weight excluding hydrogens is 239 g/mol. The number of halogens is 1. The fraction of sp³-hybridized carbons (Fsp3) is 0.273. The van der Waals surface area contributed by atoms with E-state index in [-0.39, 0.29) is 17.2 Å². The smallest absolute Gasteiger partial charge is 0.338 e. The van der Waals surface area contributed by atoms with Crippen molar-refractivity contribution in [3.63, 3.8) is 0 Å². The van der Waals surface area contributed by atoms with Crippen LogP contribution in [0.3, 0.4) is 0 Å². The van der Waals surface area contributed by atoms with Crippen LogP contribution in [0.4, 0.5) is 4.39 Å². The van der Waals surface area contributed by atoms with Crippen LogP contribution in [0, 0.1) is 5.82 Å². The molecule has 1 N–H and O–H groups in total. The quantitative estimate of drug-likeness (QED) is 0.895. The minimum absolute atomic E-state index is 0.0544. The number of carboxylic acid groups (broad SMARTS) is 1. The lowest BCUT2D eigenvalue weighted by Gasteiger charge is -2.10. The van der Waals surface area contributed by atoms with Gasteiger partial charge in [-0.2, -0.15) is 4.68 Å². The average Bonchev–Trinajstić information content (AvgIpc) is 2.77. The highest BCUT2D eigenvalue weighted by atomic mass is 19.1. The third-order valence-electron chi connectivity index (χ3n) is 2.44. The number of para-hydroxylation sites is 1. The summed E-state index contributed by atoms with van der Waals surface area (Å²) in [5.74, 6) is -1.55. The van der Waals surface area contributed by atoms with Crippen molar-refractivity contribution >= 4 is 5.97 Å². The number of benzene rings is 1. The number of aromatic nitrogens is 4. The summed E-state index contributed by atoms with van der Waals surface area (Å²) in [5.41, 5.74) is -0.317. The standard InChI is InChI=1S/C11H11FN4O2/c1-6(2)10-13-14-15-16(10)9-7(11(17)18)4-3-5-8(9)12/h3-6H,1-2H3,(H,17,18). The first-order valence-corrected chi connectivity index (χ1v) is 5.32. The van der Waals surface area contributed by atoms with Crippen molar-refractivity contribution in [1.82, 2.24) is 20.2 Å². The highest BCUT2D eigenvalue weighted by molar-refractivity contribution is 5.92. The highest BCUT2D eigenvalue weighted by Crippen LogP contribution is 2.21. The van der Waals surface area contributed by atoms with E-state index in [0.717, 1.165) is 4.68 Å². The summed E-state index contributed by atoms with van der Waals surface area (Å²) >= 11 is 0. The molecule has 6 nitrogen and oxygen atoms in total. The minimum Gasteiger partial charge on any atom is -0.478 e. The molecule has 94 valence electrons. The van der Waals surface area contributed by atoms with Crippen molar-refractivity contribution < 1.29 is 14.3 Å². The maximum atomic E-state index is 13.8. The van der Waals surface area contributed by atoms with Gasteiger partial charge in [-0.05, 0) is 22.6 Å². The summed E-state index contributed by atoms with van der Waals surface area (Å²) in [5, 5.41) is 20.0. The third kappa shape index (κ3) is 1.94. The fourth-order valence-corrected chi connectivity index (χ4v) is 1.62. The number of carbonyl (C=O) groups is 1. The number of hydrogen-bond acceptors (Lipinski definition) is 4. The molecule has 0 fully saturated rings. The van der Waals surface area contributed by atoms with Crippen LogP contribution in [0.5, 0.6) is 0 Å². The van der Waals surface area contributed by atoms with E-state index in [4.69, 9.17) is 5.11 Å². The normalized spacial score (nSPS) is 10.9. The third-order valence-corrected chi connectivity index (χ3v) is 2.44. The lowest BCUT2D eigenvalue weighted by molar-refractivity contribution is 0.0696. The lowest BCUT2D eigenvalue weighted by atomic mass is 10.1. The van der Waals surface area contributed by atoms with Gasteiger partial charge in [0, 0.05) is 5.92 Å². The van der Waals surface area contributed by atoms with Crippen molar-refractivity contribution in [3.05, 3.63) is 35.4 Å². The number of carboxylic acids is 1. The van der Waals surface area contributed by atoms with Crippen LogP contribution in [-0.2, 0) is 0 Å². The molecule has 0 bridgehead atoms. The summed E-state index contributed by atoms with van der Waals surface area (Å²) in [6.07, 6.45) is 0. The fourth-order valence-electron chi connectivity index (χ4n) is 1.62. The second-order valence-corrected chi connectivity index (χ2v) is 4.04. The van der Waals surface area contributed by atoms with E-state index in [1.54, 1.807) is 0 Å². The number of tetrazole rings is 1. The predicted molar refractivity (Wildman–Crippen MR) is 60.2 cm³/mol. The summed E-state index contributed by atoms with van der Waals surface area (Å²) in [7, 11) is 0. The molecule has 0 aliphatic heterocycles. The van der Waals surface area contributed by atoms with Gasteiger partial charge in [0.1, 0.15) is 11.5 Å². The van der Waals surface area contributed by atoms with E-state index >= 15 is 0 Å². The number of nitrogens with zero attached hydrogens (tertiary/aromatic N) is 4. The SMILES string of the molecule is CC(C)c1nnnn1-c1c(F)cccc1C(=O)O. The Balaban J connectivity index is 2.70. The van der Waals surface area contributed by atoms with E-state index in [9.17, 15) is 9.18 Å². The zero-order chi connectivity index (χ0) is 13.3. The Hall–Kier alpha value is -2.31. The average molecular weight is 250 g/mol. The number of aromatic carboxylic acids is 1. The number of rotatable bonds is 3. The molecule has 0 saturated carbocycles. The van der Waals surface area contributed by atoms with Crippen molar-refractivity contribution in [2.75, 3.05) is 0 Å². The Morgan fingerprint density at radius 1 is 1.44 bits per heavy atom. The molecule has 0 aliphatic carbocycles. The Bertz CT molecular complexity index is 594. The second-order valence-electron chi connectivity index (χ2n) is 4.04.